The number of pyridine rings is 1. The summed E-state index contributed by atoms with van der Waals surface area (Å²) in [5.41, 5.74) is 13.7. The summed E-state index contributed by atoms with van der Waals surface area (Å²) in [5, 5.41) is 3.55. The molecule has 0 bridgehead atoms. The number of fused-ring (bicyclic) bond motifs is 1. The molecule has 156 valence electrons. The molecule has 0 aliphatic heterocycles. The maximum absolute atomic E-state index is 11.4. The van der Waals surface area contributed by atoms with E-state index < -0.39 is 5.91 Å². The average molecular weight is 425 g/mol. The fourth-order valence-electron chi connectivity index (χ4n) is 3.57. The zero-order valence-corrected chi connectivity index (χ0v) is 18.3. The van der Waals surface area contributed by atoms with Crippen LogP contribution in [0.25, 0.3) is 17.0 Å². The van der Waals surface area contributed by atoms with Crippen molar-refractivity contribution in [3.63, 3.8) is 0 Å². The van der Waals surface area contributed by atoms with Gasteiger partial charge in [-0.3, -0.25) is 4.79 Å². The second-order valence-corrected chi connectivity index (χ2v) is 7.37. The molecule has 0 saturated carbocycles. The number of anilines is 1. The Hall–Kier alpha value is -3.25. The normalized spacial score (nSPS) is 10.8. The number of amides is 1. The Balaban J connectivity index is 0.00000256. The molecule has 0 radical (unpaired) electrons. The molecule has 3 aromatic heterocycles. The number of carbonyl (C=O) groups excluding carboxylic acids is 1. The van der Waals surface area contributed by atoms with Gasteiger partial charge in [0.2, 0.25) is 0 Å². The van der Waals surface area contributed by atoms with E-state index in [9.17, 15) is 4.79 Å². The van der Waals surface area contributed by atoms with Gasteiger partial charge in [0.25, 0.3) is 5.91 Å². The van der Waals surface area contributed by atoms with Crippen LogP contribution in [0.3, 0.4) is 0 Å². The van der Waals surface area contributed by atoms with Gasteiger partial charge in [-0.15, -0.1) is 12.4 Å². The highest BCUT2D eigenvalue weighted by molar-refractivity contribution is 5.90. The number of nitrogens with two attached hydrogens (primary N) is 1. The van der Waals surface area contributed by atoms with Gasteiger partial charge in [0.1, 0.15) is 5.76 Å². The SMILES string of the molecule is Cc1cccc(C)c1CNc1cc(-c2ccc(C(N)=O)o2)cn2c(C)c(C)nc12.Cl. The predicted octanol–water partition coefficient (Wildman–Crippen LogP) is 4.96. The van der Waals surface area contributed by atoms with Gasteiger partial charge in [-0.05, 0) is 62.6 Å². The maximum atomic E-state index is 11.4. The van der Waals surface area contributed by atoms with Crippen molar-refractivity contribution in [2.75, 3.05) is 5.32 Å². The fourth-order valence-corrected chi connectivity index (χ4v) is 3.57. The average Bonchev–Trinajstić information content (AvgIpc) is 3.28. The molecule has 0 aliphatic carbocycles. The summed E-state index contributed by atoms with van der Waals surface area (Å²) in [4.78, 5) is 16.1. The number of nitrogens with one attached hydrogen (secondary N) is 1. The number of benzene rings is 1. The minimum Gasteiger partial charge on any atom is -0.451 e. The molecule has 0 spiro atoms. The number of furan rings is 1. The first kappa shape index (κ1) is 21.5. The zero-order valence-electron chi connectivity index (χ0n) is 17.4. The largest absolute Gasteiger partial charge is 0.451 e. The van der Waals surface area contributed by atoms with Crippen LogP contribution in [0.5, 0.6) is 0 Å². The van der Waals surface area contributed by atoms with Crippen molar-refractivity contribution in [2.45, 2.75) is 34.2 Å². The molecule has 7 heteroatoms. The number of halogens is 1. The van der Waals surface area contributed by atoms with Crippen LogP contribution in [0, 0.1) is 27.7 Å². The molecule has 0 saturated heterocycles. The van der Waals surface area contributed by atoms with E-state index in [-0.39, 0.29) is 18.2 Å². The standard InChI is InChI=1S/C23H24N4O2.ClH/c1-13-6-5-7-14(2)18(13)11-25-19-10-17(20-8-9-21(29-20)22(24)28)12-27-16(4)15(3)26-23(19)27;/h5-10,12,25H,11H2,1-4H3,(H2,24,28);1H. The van der Waals surface area contributed by atoms with Crippen molar-refractivity contribution >= 4 is 29.6 Å². The van der Waals surface area contributed by atoms with E-state index in [1.807, 2.05) is 30.5 Å². The number of aryl methyl sites for hydroxylation is 4. The van der Waals surface area contributed by atoms with Gasteiger partial charge < -0.3 is 19.9 Å². The van der Waals surface area contributed by atoms with Gasteiger partial charge >= 0.3 is 0 Å². The van der Waals surface area contributed by atoms with Crippen molar-refractivity contribution in [3.05, 3.63) is 76.4 Å². The van der Waals surface area contributed by atoms with Crippen molar-refractivity contribution < 1.29 is 9.21 Å². The van der Waals surface area contributed by atoms with Crippen LogP contribution < -0.4 is 11.1 Å². The zero-order chi connectivity index (χ0) is 20.7. The number of hydrogen-bond acceptors (Lipinski definition) is 4. The second-order valence-electron chi connectivity index (χ2n) is 7.37. The molecule has 0 fully saturated rings. The molecule has 0 atom stereocenters. The quantitative estimate of drug-likeness (QED) is 0.474. The van der Waals surface area contributed by atoms with Gasteiger partial charge in [-0.25, -0.2) is 4.98 Å². The minimum absolute atomic E-state index is 0. The highest BCUT2D eigenvalue weighted by atomic mass is 35.5. The third kappa shape index (κ3) is 3.78. The summed E-state index contributed by atoms with van der Waals surface area (Å²) in [5.74, 6) is 0.144. The molecule has 6 nitrogen and oxygen atoms in total. The summed E-state index contributed by atoms with van der Waals surface area (Å²) in [6.45, 7) is 8.95. The van der Waals surface area contributed by atoms with Crippen LogP contribution >= 0.6 is 12.4 Å². The molecule has 0 unspecified atom stereocenters. The van der Waals surface area contributed by atoms with E-state index in [0.29, 0.717) is 12.3 Å². The number of imidazole rings is 1. The van der Waals surface area contributed by atoms with E-state index in [2.05, 4.69) is 37.4 Å². The second kappa shape index (κ2) is 8.24. The molecule has 3 heterocycles. The highest BCUT2D eigenvalue weighted by Crippen LogP contribution is 2.30. The summed E-state index contributed by atoms with van der Waals surface area (Å²) >= 11 is 0. The van der Waals surface area contributed by atoms with E-state index in [1.165, 1.54) is 16.7 Å². The summed E-state index contributed by atoms with van der Waals surface area (Å²) < 4.78 is 7.69. The smallest absolute Gasteiger partial charge is 0.284 e. The Morgan fingerprint density at radius 1 is 1.13 bits per heavy atom. The Kier molecular flexibility index (Phi) is 5.89. The number of carbonyl (C=O) groups is 1. The summed E-state index contributed by atoms with van der Waals surface area (Å²) in [6.07, 6.45) is 1.97. The number of hydrogen-bond donors (Lipinski definition) is 2. The van der Waals surface area contributed by atoms with Crippen LogP contribution in [-0.4, -0.2) is 15.3 Å². The van der Waals surface area contributed by atoms with Crippen LogP contribution in [0.1, 0.15) is 38.6 Å². The number of nitrogens with zero attached hydrogens (tertiary/aromatic N) is 2. The first-order chi connectivity index (χ1) is 13.8. The van der Waals surface area contributed by atoms with E-state index in [1.54, 1.807) is 12.1 Å². The fraction of sp³-hybridized carbons (Fsp3) is 0.217. The van der Waals surface area contributed by atoms with Crippen LogP contribution in [-0.2, 0) is 6.54 Å². The lowest BCUT2D eigenvalue weighted by atomic mass is 10.0. The van der Waals surface area contributed by atoms with E-state index in [0.717, 1.165) is 28.3 Å². The van der Waals surface area contributed by atoms with Gasteiger partial charge in [-0.2, -0.15) is 0 Å². The van der Waals surface area contributed by atoms with Crippen molar-refractivity contribution in [3.8, 4) is 11.3 Å². The Labute approximate surface area is 181 Å². The van der Waals surface area contributed by atoms with E-state index >= 15 is 0 Å². The van der Waals surface area contributed by atoms with Crippen LogP contribution in [0.2, 0.25) is 0 Å². The number of rotatable bonds is 5. The molecule has 0 aliphatic rings. The third-order valence-electron chi connectivity index (χ3n) is 5.43. The molecule has 4 aromatic rings. The Morgan fingerprint density at radius 3 is 2.47 bits per heavy atom. The number of primary amides is 1. The minimum atomic E-state index is -0.583. The summed E-state index contributed by atoms with van der Waals surface area (Å²) in [7, 11) is 0. The van der Waals surface area contributed by atoms with Crippen LogP contribution in [0.4, 0.5) is 5.69 Å². The molecule has 3 N–H and O–H groups in total. The topological polar surface area (TPSA) is 85.6 Å². The monoisotopic (exact) mass is 424 g/mol. The highest BCUT2D eigenvalue weighted by Gasteiger charge is 2.15. The van der Waals surface area contributed by atoms with Crippen LogP contribution in [0.15, 0.2) is 47.0 Å². The molecule has 4 rings (SSSR count). The number of aromatic nitrogens is 2. The lowest BCUT2D eigenvalue weighted by Crippen LogP contribution is -2.09. The molecule has 1 aromatic carbocycles. The third-order valence-corrected chi connectivity index (χ3v) is 5.43. The summed E-state index contributed by atoms with van der Waals surface area (Å²) in [6, 6.07) is 11.7. The Bertz CT molecular complexity index is 1220. The lowest BCUT2D eigenvalue weighted by Gasteiger charge is -2.14. The molecule has 1 amide bonds. The predicted molar refractivity (Wildman–Crippen MR) is 121 cm³/mol. The van der Waals surface area contributed by atoms with Crippen molar-refractivity contribution in [1.29, 1.82) is 0 Å². The van der Waals surface area contributed by atoms with Gasteiger partial charge in [0.05, 0.1) is 11.4 Å². The maximum Gasteiger partial charge on any atom is 0.284 e. The molecular weight excluding hydrogens is 400 g/mol. The molecular formula is C23H25ClN4O2. The van der Waals surface area contributed by atoms with Crippen molar-refractivity contribution in [1.82, 2.24) is 9.38 Å². The van der Waals surface area contributed by atoms with Gasteiger partial charge in [-0.1, -0.05) is 18.2 Å². The first-order valence-corrected chi connectivity index (χ1v) is 9.53. The molecule has 30 heavy (non-hydrogen) atoms. The van der Waals surface area contributed by atoms with Gasteiger partial charge in [0.15, 0.2) is 11.4 Å². The van der Waals surface area contributed by atoms with Crippen molar-refractivity contribution in [2.24, 2.45) is 5.73 Å². The van der Waals surface area contributed by atoms with Gasteiger partial charge in [0, 0.05) is 24.0 Å². The Morgan fingerprint density at radius 2 is 1.83 bits per heavy atom. The van der Waals surface area contributed by atoms with E-state index in [4.69, 9.17) is 15.1 Å². The lowest BCUT2D eigenvalue weighted by molar-refractivity contribution is 0.0974. The first-order valence-electron chi connectivity index (χ1n) is 9.53.